The summed E-state index contributed by atoms with van der Waals surface area (Å²) in [5.41, 5.74) is 0. The molecule has 0 aliphatic rings. The molecule has 0 amide bonds. The Labute approximate surface area is 215 Å². The van der Waals surface area contributed by atoms with Gasteiger partial charge in [0.05, 0.1) is 5.97 Å². The number of carboxylic acids is 2. The molecule has 0 saturated heterocycles. The van der Waals surface area contributed by atoms with Crippen LogP contribution in [0.1, 0.15) is 103 Å². The maximum Gasteiger partial charge on any atom is 1.00 e. The minimum Gasteiger partial charge on any atom is -0.550 e. The Bertz CT molecular complexity index is 344. The monoisotopic (exact) mass is 418 g/mol. The second-order valence-corrected chi connectivity index (χ2v) is 8.16. The van der Waals surface area contributed by atoms with Crippen LogP contribution in [0.25, 0.3) is 0 Å². The normalized spacial score (nSPS) is 11.3. The third-order valence-electron chi connectivity index (χ3n) is 4.43. The van der Waals surface area contributed by atoms with Gasteiger partial charge in [-0.1, -0.05) is 90.4 Å². The van der Waals surface area contributed by atoms with Crippen LogP contribution in [0.5, 0.6) is 0 Å². The summed E-state index contributed by atoms with van der Waals surface area (Å²) in [5.74, 6) is -1.97. The number of carboxylic acid groups (broad SMARTS) is 2. The van der Waals surface area contributed by atoms with E-state index in [1.165, 1.54) is 77.0 Å². The second kappa shape index (κ2) is 25.3. The summed E-state index contributed by atoms with van der Waals surface area (Å²) in [6.07, 6.45) is 17.5. The molecular weight excluding hydrogens is 382 g/mol. The smallest absolute Gasteiger partial charge is 0.550 e. The average Bonchev–Trinajstić information content (AvgIpc) is 2.56. The van der Waals surface area contributed by atoms with E-state index >= 15 is 0 Å². The molecule has 1 unspecified atom stereocenters. The maximum atomic E-state index is 10.8. The fraction of sp³-hybridized carbons (Fsp3) is 0.900. The summed E-state index contributed by atoms with van der Waals surface area (Å²) in [6.45, 7) is 2.25. The van der Waals surface area contributed by atoms with Gasteiger partial charge in [0.1, 0.15) is 0 Å². The molecule has 0 saturated carbocycles. The van der Waals surface area contributed by atoms with Crippen molar-refractivity contribution in [2.24, 2.45) is 0 Å². The van der Waals surface area contributed by atoms with Gasteiger partial charge in [0.15, 0.2) is 0 Å². The quantitative estimate of drug-likeness (QED) is 0.171. The van der Waals surface area contributed by atoms with Crippen molar-refractivity contribution in [3.63, 3.8) is 0 Å². The molecule has 0 fully saturated rings. The Morgan fingerprint density at radius 2 is 1.07 bits per heavy atom. The minimum atomic E-state index is -1.33. The van der Waals surface area contributed by atoms with Gasteiger partial charge >= 0.3 is 59.1 Å². The van der Waals surface area contributed by atoms with Gasteiger partial charge in [0, 0.05) is 17.6 Å². The Hall–Kier alpha value is 1.29. The molecule has 0 radical (unpaired) electrons. The third-order valence-corrected chi connectivity index (χ3v) is 5.72. The van der Waals surface area contributed by atoms with Crippen LogP contribution in [-0.4, -0.2) is 22.9 Å². The fourth-order valence-corrected chi connectivity index (χ4v) is 3.93. The molecule has 4 nitrogen and oxygen atoms in total. The van der Waals surface area contributed by atoms with E-state index in [-0.39, 0.29) is 59.1 Å². The maximum absolute atomic E-state index is 10.8. The molecule has 1 atom stereocenters. The average molecular weight is 419 g/mol. The van der Waals surface area contributed by atoms with Crippen LogP contribution in [0.3, 0.4) is 0 Å². The van der Waals surface area contributed by atoms with E-state index in [1.807, 2.05) is 0 Å². The molecular formula is C20H36Na2O4S. The number of hydrogen-bond acceptors (Lipinski definition) is 5. The number of carbonyl (C=O) groups is 2. The fourth-order valence-electron chi connectivity index (χ4n) is 2.88. The standard InChI is InChI=1S/C20H38O4S.2Na/c1-2-3-4-5-6-7-8-9-10-11-12-13-14-15-16-25-18(20(23)24)17-19(21)22;;/h18H,2-17H2,1H3,(H,21,22)(H,23,24);;/q;2*+1/p-2. The first kappa shape index (κ1) is 32.9. The number of thioether (sulfide) groups is 1. The predicted molar refractivity (Wildman–Crippen MR) is 101 cm³/mol. The van der Waals surface area contributed by atoms with Crippen molar-refractivity contribution in [3.8, 4) is 0 Å². The summed E-state index contributed by atoms with van der Waals surface area (Å²) in [7, 11) is 0. The first-order valence-electron chi connectivity index (χ1n) is 10.1. The van der Waals surface area contributed by atoms with Crippen molar-refractivity contribution in [2.45, 2.75) is 108 Å². The molecule has 0 aliphatic carbocycles. The Morgan fingerprint density at radius 3 is 1.41 bits per heavy atom. The van der Waals surface area contributed by atoms with E-state index in [1.54, 1.807) is 0 Å². The number of carbonyl (C=O) groups excluding carboxylic acids is 2. The van der Waals surface area contributed by atoms with Crippen LogP contribution in [0, 0.1) is 0 Å². The van der Waals surface area contributed by atoms with Gasteiger partial charge in [0.2, 0.25) is 0 Å². The third kappa shape index (κ3) is 25.3. The van der Waals surface area contributed by atoms with Crippen molar-refractivity contribution in [1.82, 2.24) is 0 Å². The Balaban J connectivity index is -0.00000288. The summed E-state index contributed by atoms with van der Waals surface area (Å²) >= 11 is 1.16. The molecule has 0 aromatic rings. The Kier molecular flexibility index (Phi) is 30.9. The first-order chi connectivity index (χ1) is 12.1. The van der Waals surface area contributed by atoms with E-state index < -0.39 is 23.6 Å². The van der Waals surface area contributed by atoms with Gasteiger partial charge in [-0.3, -0.25) is 0 Å². The second-order valence-electron chi connectivity index (χ2n) is 6.85. The summed E-state index contributed by atoms with van der Waals surface area (Å²) in [4.78, 5) is 21.2. The van der Waals surface area contributed by atoms with Crippen molar-refractivity contribution >= 4 is 23.7 Å². The van der Waals surface area contributed by atoms with Crippen LogP contribution < -0.4 is 69.3 Å². The van der Waals surface area contributed by atoms with E-state index in [2.05, 4.69) is 6.92 Å². The van der Waals surface area contributed by atoms with Gasteiger partial charge in [-0.25, -0.2) is 0 Å². The summed E-state index contributed by atoms with van der Waals surface area (Å²) in [6, 6.07) is 0. The van der Waals surface area contributed by atoms with Crippen LogP contribution in [-0.2, 0) is 9.59 Å². The molecule has 0 aromatic heterocycles. The predicted octanol–water partition coefficient (Wildman–Crippen LogP) is -2.53. The zero-order valence-electron chi connectivity index (χ0n) is 17.9. The number of aliphatic carboxylic acids is 2. The van der Waals surface area contributed by atoms with Crippen LogP contribution in [0.4, 0.5) is 0 Å². The molecule has 0 aliphatic heterocycles. The number of rotatable bonds is 19. The summed E-state index contributed by atoms with van der Waals surface area (Å²) < 4.78 is 0. The van der Waals surface area contributed by atoms with Crippen molar-refractivity contribution in [3.05, 3.63) is 0 Å². The van der Waals surface area contributed by atoms with Crippen LogP contribution in [0.2, 0.25) is 0 Å². The minimum absolute atomic E-state index is 0. The van der Waals surface area contributed by atoms with E-state index in [0.29, 0.717) is 5.75 Å². The van der Waals surface area contributed by atoms with Crippen LogP contribution in [0.15, 0.2) is 0 Å². The Morgan fingerprint density at radius 1 is 0.704 bits per heavy atom. The molecule has 0 N–H and O–H groups in total. The molecule has 0 bridgehead atoms. The summed E-state index contributed by atoms with van der Waals surface area (Å²) in [5, 5.41) is 20.3. The van der Waals surface area contributed by atoms with Gasteiger partial charge in [0.25, 0.3) is 0 Å². The molecule has 0 rings (SSSR count). The molecule has 7 heteroatoms. The van der Waals surface area contributed by atoms with Crippen molar-refractivity contribution < 1.29 is 78.9 Å². The zero-order chi connectivity index (χ0) is 18.8. The molecule has 27 heavy (non-hydrogen) atoms. The van der Waals surface area contributed by atoms with Gasteiger partial charge in [-0.15, -0.1) is 0 Å². The molecule has 0 aromatic carbocycles. The molecule has 0 spiro atoms. The van der Waals surface area contributed by atoms with Crippen molar-refractivity contribution in [1.29, 1.82) is 0 Å². The largest absolute Gasteiger partial charge is 1.00 e. The van der Waals surface area contributed by atoms with Crippen LogP contribution >= 0.6 is 11.8 Å². The number of hydrogen-bond donors (Lipinski definition) is 0. The van der Waals surface area contributed by atoms with Crippen molar-refractivity contribution in [2.75, 3.05) is 5.75 Å². The molecule has 148 valence electrons. The number of unbranched alkanes of at least 4 members (excludes halogenated alkanes) is 13. The van der Waals surface area contributed by atoms with E-state index in [0.717, 1.165) is 24.6 Å². The molecule has 0 heterocycles. The van der Waals surface area contributed by atoms with Gasteiger partial charge in [-0.2, -0.15) is 11.8 Å². The SMILES string of the molecule is CCCCCCCCCCCCCCCCSC(CC(=O)[O-])C(=O)[O-].[Na+].[Na+]. The topological polar surface area (TPSA) is 80.3 Å². The first-order valence-corrected chi connectivity index (χ1v) is 11.1. The zero-order valence-corrected chi connectivity index (χ0v) is 22.7. The van der Waals surface area contributed by atoms with Gasteiger partial charge < -0.3 is 19.8 Å². The van der Waals surface area contributed by atoms with Gasteiger partial charge in [-0.05, 0) is 12.2 Å². The van der Waals surface area contributed by atoms with E-state index in [4.69, 9.17) is 0 Å². The van der Waals surface area contributed by atoms with E-state index in [9.17, 15) is 19.8 Å².